The van der Waals surface area contributed by atoms with Gasteiger partial charge in [-0.05, 0) is 42.8 Å². The third kappa shape index (κ3) is 6.39. The Bertz CT molecular complexity index is 1010. The molecule has 0 bridgehead atoms. The zero-order valence-electron chi connectivity index (χ0n) is 17.1. The molecule has 3 aromatic rings. The molecule has 0 spiro atoms. The average molecular weight is 443 g/mol. The van der Waals surface area contributed by atoms with Crippen LogP contribution in [-0.4, -0.2) is 45.5 Å². The van der Waals surface area contributed by atoms with Gasteiger partial charge < -0.3 is 10.1 Å². The lowest BCUT2D eigenvalue weighted by Crippen LogP contribution is -2.29. The highest BCUT2D eigenvalue weighted by molar-refractivity contribution is 7.99. The molecule has 0 radical (unpaired) electrons. The Morgan fingerprint density at radius 3 is 2.55 bits per heavy atom. The summed E-state index contributed by atoms with van der Waals surface area (Å²) in [5.74, 6) is -0.696. The molecule has 1 aromatic heterocycles. The van der Waals surface area contributed by atoms with Crippen molar-refractivity contribution in [3.05, 3.63) is 60.4 Å². The second-order valence-electron chi connectivity index (χ2n) is 6.64. The molecule has 0 saturated carbocycles. The van der Waals surface area contributed by atoms with Gasteiger partial charge >= 0.3 is 5.97 Å². The Balaban J connectivity index is 1.69. The summed E-state index contributed by atoms with van der Waals surface area (Å²) >= 11 is 1.15. The maximum absolute atomic E-state index is 13.3. The minimum absolute atomic E-state index is 0.0311. The van der Waals surface area contributed by atoms with Crippen LogP contribution >= 0.6 is 11.8 Å². The number of rotatable bonds is 10. The van der Waals surface area contributed by atoms with Gasteiger partial charge in [-0.15, -0.1) is 10.2 Å². The van der Waals surface area contributed by atoms with E-state index in [9.17, 15) is 14.0 Å². The van der Waals surface area contributed by atoms with E-state index in [0.29, 0.717) is 23.1 Å². The summed E-state index contributed by atoms with van der Waals surface area (Å²) in [6.07, 6.45) is 1.85. The number of ether oxygens (including phenoxy) is 1. The Kier molecular flexibility index (Phi) is 8.17. The van der Waals surface area contributed by atoms with Crippen LogP contribution in [0.4, 0.5) is 4.39 Å². The fraction of sp³-hybridized carbons (Fsp3) is 0.273. The number of nitrogens with one attached hydrogen (secondary N) is 1. The third-order valence-electron chi connectivity index (χ3n) is 4.29. The Morgan fingerprint density at radius 1 is 1.10 bits per heavy atom. The van der Waals surface area contributed by atoms with Crippen LogP contribution in [-0.2, 0) is 14.3 Å². The highest BCUT2D eigenvalue weighted by atomic mass is 32.2. The lowest BCUT2D eigenvalue weighted by molar-refractivity contribution is -0.145. The first-order valence-corrected chi connectivity index (χ1v) is 10.9. The largest absolute Gasteiger partial charge is 0.455 e. The van der Waals surface area contributed by atoms with E-state index in [2.05, 4.69) is 15.5 Å². The maximum atomic E-state index is 13.3. The number of carbonyl (C=O) groups is 2. The second-order valence-corrected chi connectivity index (χ2v) is 7.58. The number of amides is 1. The van der Waals surface area contributed by atoms with Crippen molar-refractivity contribution in [3.8, 4) is 17.1 Å². The molecular formula is C22H23FN4O3S. The van der Waals surface area contributed by atoms with Gasteiger partial charge in [0.25, 0.3) is 5.91 Å². The minimum atomic E-state index is -0.526. The van der Waals surface area contributed by atoms with Crippen LogP contribution in [0, 0.1) is 5.82 Å². The van der Waals surface area contributed by atoms with Gasteiger partial charge in [-0.1, -0.05) is 43.3 Å². The van der Waals surface area contributed by atoms with Crippen LogP contribution < -0.4 is 5.32 Å². The number of carbonyl (C=O) groups excluding carboxylic acids is 2. The predicted molar refractivity (Wildman–Crippen MR) is 116 cm³/mol. The van der Waals surface area contributed by atoms with Gasteiger partial charge in [0, 0.05) is 17.8 Å². The summed E-state index contributed by atoms with van der Waals surface area (Å²) in [4.78, 5) is 23.8. The van der Waals surface area contributed by atoms with E-state index >= 15 is 0 Å². The van der Waals surface area contributed by atoms with Crippen LogP contribution in [0.5, 0.6) is 0 Å². The number of esters is 1. The molecule has 0 aliphatic carbocycles. The number of para-hydroxylation sites is 1. The van der Waals surface area contributed by atoms with Gasteiger partial charge in [-0.25, -0.2) is 4.39 Å². The fourth-order valence-electron chi connectivity index (χ4n) is 2.73. The van der Waals surface area contributed by atoms with Crippen LogP contribution in [0.1, 0.15) is 19.8 Å². The summed E-state index contributed by atoms with van der Waals surface area (Å²) < 4.78 is 20.2. The smallest absolute Gasteiger partial charge is 0.316 e. The van der Waals surface area contributed by atoms with Crippen molar-refractivity contribution in [3.63, 3.8) is 0 Å². The number of unbranched alkanes of at least 4 members (excludes halogenated alkanes) is 1. The number of hydrogen-bond acceptors (Lipinski definition) is 6. The van der Waals surface area contributed by atoms with Gasteiger partial charge in [-0.2, -0.15) is 0 Å². The minimum Gasteiger partial charge on any atom is -0.455 e. The molecule has 7 nitrogen and oxygen atoms in total. The van der Waals surface area contributed by atoms with Crippen molar-refractivity contribution < 1.29 is 18.7 Å². The standard InChI is InChI=1S/C22H23FN4O3S/c1-2-3-13-24-19(28)14-30-20(29)15-31-22-26-25-21(16-9-11-17(23)12-10-16)27(22)18-7-5-4-6-8-18/h4-12H,2-3,13-15H2,1H3,(H,24,28). The number of aromatic nitrogens is 3. The summed E-state index contributed by atoms with van der Waals surface area (Å²) in [5, 5.41) is 11.6. The normalized spacial score (nSPS) is 10.6. The molecule has 0 unspecified atom stereocenters. The zero-order valence-corrected chi connectivity index (χ0v) is 17.9. The maximum Gasteiger partial charge on any atom is 0.316 e. The number of hydrogen-bond donors (Lipinski definition) is 1. The summed E-state index contributed by atoms with van der Waals surface area (Å²) in [7, 11) is 0. The third-order valence-corrected chi connectivity index (χ3v) is 5.19. The zero-order chi connectivity index (χ0) is 22.1. The first-order valence-electron chi connectivity index (χ1n) is 9.90. The molecule has 0 atom stereocenters. The van der Waals surface area contributed by atoms with Gasteiger partial charge in [0.1, 0.15) is 5.82 Å². The van der Waals surface area contributed by atoms with Crippen LogP contribution in [0.2, 0.25) is 0 Å². The number of benzene rings is 2. The van der Waals surface area contributed by atoms with E-state index in [0.717, 1.165) is 30.3 Å². The van der Waals surface area contributed by atoms with Crippen LogP contribution in [0.25, 0.3) is 17.1 Å². The van der Waals surface area contributed by atoms with Crippen molar-refractivity contribution in [1.82, 2.24) is 20.1 Å². The molecule has 162 valence electrons. The topological polar surface area (TPSA) is 86.1 Å². The lowest BCUT2D eigenvalue weighted by atomic mass is 10.2. The van der Waals surface area contributed by atoms with Gasteiger partial charge in [0.15, 0.2) is 17.6 Å². The second kappa shape index (κ2) is 11.3. The van der Waals surface area contributed by atoms with Crippen molar-refractivity contribution in [2.75, 3.05) is 18.9 Å². The van der Waals surface area contributed by atoms with Crippen molar-refractivity contribution in [1.29, 1.82) is 0 Å². The molecule has 0 fully saturated rings. The molecule has 0 aliphatic rings. The van der Waals surface area contributed by atoms with E-state index in [-0.39, 0.29) is 24.1 Å². The van der Waals surface area contributed by atoms with Crippen LogP contribution in [0.15, 0.2) is 59.8 Å². The molecule has 1 amide bonds. The van der Waals surface area contributed by atoms with E-state index in [4.69, 9.17) is 4.74 Å². The summed E-state index contributed by atoms with van der Waals surface area (Å²) in [5.41, 5.74) is 1.49. The fourth-order valence-corrected chi connectivity index (χ4v) is 3.48. The molecule has 0 saturated heterocycles. The monoisotopic (exact) mass is 442 g/mol. The highest BCUT2D eigenvalue weighted by Crippen LogP contribution is 2.28. The number of halogens is 1. The molecule has 3 rings (SSSR count). The van der Waals surface area contributed by atoms with Gasteiger partial charge in [-0.3, -0.25) is 14.2 Å². The van der Waals surface area contributed by atoms with E-state index in [1.54, 1.807) is 16.7 Å². The Labute approximate surface area is 184 Å². The molecule has 9 heteroatoms. The lowest BCUT2D eigenvalue weighted by Gasteiger charge is -2.10. The SMILES string of the molecule is CCCCNC(=O)COC(=O)CSc1nnc(-c2ccc(F)cc2)n1-c1ccccc1. The predicted octanol–water partition coefficient (Wildman–Crippen LogP) is 3.63. The van der Waals surface area contributed by atoms with Gasteiger partial charge in [0.05, 0.1) is 5.75 Å². The molecule has 2 aromatic carbocycles. The molecule has 0 aliphatic heterocycles. The molecule has 1 heterocycles. The van der Waals surface area contributed by atoms with Crippen molar-refractivity contribution in [2.45, 2.75) is 24.9 Å². The first kappa shape index (κ1) is 22.5. The van der Waals surface area contributed by atoms with E-state index < -0.39 is 5.97 Å². The number of thioether (sulfide) groups is 1. The summed E-state index contributed by atoms with van der Waals surface area (Å²) in [6.45, 7) is 2.28. The first-order chi connectivity index (χ1) is 15.1. The van der Waals surface area contributed by atoms with E-state index in [1.807, 2.05) is 37.3 Å². The Hall–Kier alpha value is -3.20. The number of nitrogens with zero attached hydrogens (tertiary/aromatic N) is 3. The summed E-state index contributed by atoms with van der Waals surface area (Å²) in [6, 6.07) is 15.4. The Morgan fingerprint density at radius 2 is 1.84 bits per heavy atom. The van der Waals surface area contributed by atoms with Crippen molar-refractivity contribution >= 4 is 23.6 Å². The van der Waals surface area contributed by atoms with Crippen molar-refractivity contribution in [2.24, 2.45) is 0 Å². The molecule has 1 N–H and O–H groups in total. The molecular weight excluding hydrogens is 419 g/mol. The van der Waals surface area contributed by atoms with Gasteiger partial charge in [0.2, 0.25) is 0 Å². The quantitative estimate of drug-likeness (QED) is 0.293. The molecule has 31 heavy (non-hydrogen) atoms. The highest BCUT2D eigenvalue weighted by Gasteiger charge is 2.18. The average Bonchev–Trinajstić information content (AvgIpc) is 3.21. The van der Waals surface area contributed by atoms with E-state index in [1.165, 1.54) is 12.1 Å². The van der Waals surface area contributed by atoms with Crippen LogP contribution in [0.3, 0.4) is 0 Å².